The number of nitrogens with zero attached hydrogens (tertiary/aromatic N) is 5. The molecule has 0 aliphatic rings. The normalized spacial score (nSPS) is 11.8. The summed E-state index contributed by atoms with van der Waals surface area (Å²) >= 11 is 1.56. The molecule has 8 nitrogen and oxygen atoms in total. The molecule has 1 atom stereocenters. The van der Waals surface area contributed by atoms with Crippen molar-refractivity contribution < 1.29 is 9.53 Å². The van der Waals surface area contributed by atoms with Gasteiger partial charge in [-0.2, -0.15) is 0 Å². The maximum Gasteiger partial charge on any atom is 0.251 e. The molecule has 4 rings (SSSR count). The summed E-state index contributed by atoms with van der Waals surface area (Å²) in [4.78, 5) is 17.5. The van der Waals surface area contributed by atoms with Gasteiger partial charge in [-0.25, -0.2) is 9.67 Å². The third kappa shape index (κ3) is 4.20. The van der Waals surface area contributed by atoms with E-state index in [0.717, 1.165) is 27.6 Å². The van der Waals surface area contributed by atoms with Gasteiger partial charge in [-0.05, 0) is 65.7 Å². The first kappa shape index (κ1) is 19.7. The number of thiazole rings is 1. The van der Waals surface area contributed by atoms with Crippen LogP contribution in [-0.4, -0.2) is 38.2 Å². The van der Waals surface area contributed by atoms with Crippen molar-refractivity contribution in [2.24, 2.45) is 0 Å². The Morgan fingerprint density at radius 3 is 2.77 bits per heavy atom. The Kier molecular flexibility index (Phi) is 5.53. The van der Waals surface area contributed by atoms with E-state index in [4.69, 9.17) is 4.74 Å². The first-order chi connectivity index (χ1) is 14.5. The number of aromatic nitrogens is 5. The number of carbonyl (C=O) groups is 1. The van der Waals surface area contributed by atoms with Crippen LogP contribution in [0.25, 0.3) is 16.8 Å². The minimum atomic E-state index is -0.209. The quantitative estimate of drug-likeness (QED) is 0.512. The van der Waals surface area contributed by atoms with Crippen LogP contribution in [0.5, 0.6) is 5.75 Å². The number of nitrogens with one attached hydrogen (secondary N) is 1. The molecule has 152 valence electrons. The van der Waals surface area contributed by atoms with Crippen LogP contribution < -0.4 is 10.1 Å². The Balaban J connectivity index is 1.71. The van der Waals surface area contributed by atoms with Crippen molar-refractivity contribution in [1.29, 1.82) is 0 Å². The van der Waals surface area contributed by atoms with Gasteiger partial charge in [-0.15, -0.1) is 16.4 Å². The van der Waals surface area contributed by atoms with Gasteiger partial charge in [-0.1, -0.05) is 12.1 Å². The van der Waals surface area contributed by atoms with Crippen LogP contribution in [0.1, 0.15) is 34.0 Å². The molecule has 0 aliphatic carbocycles. The first-order valence-corrected chi connectivity index (χ1v) is 10.2. The average Bonchev–Trinajstić information content (AvgIpc) is 3.45. The highest BCUT2D eigenvalue weighted by Crippen LogP contribution is 2.27. The number of carbonyl (C=O) groups excluding carboxylic acids is 1. The number of hydrogen-bond donors (Lipinski definition) is 1. The summed E-state index contributed by atoms with van der Waals surface area (Å²) in [6.07, 6.45) is 1.49. The number of tetrazole rings is 1. The van der Waals surface area contributed by atoms with E-state index in [-0.39, 0.29) is 11.9 Å². The number of hydrogen-bond acceptors (Lipinski definition) is 7. The molecular weight excluding hydrogens is 400 g/mol. The summed E-state index contributed by atoms with van der Waals surface area (Å²) in [6.45, 7) is 3.86. The maximum absolute atomic E-state index is 13.0. The van der Waals surface area contributed by atoms with Crippen molar-refractivity contribution in [3.8, 4) is 22.6 Å². The zero-order valence-corrected chi connectivity index (χ0v) is 17.6. The molecule has 2 aromatic heterocycles. The van der Waals surface area contributed by atoms with Crippen LogP contribution in [0.2, 0.25) is 0 Å². The van der Waals surface area contributed by atoms with Gasteiger partial charge in [0.2, 0.25) is 0 Å². The van der Waals surface area contributed by atoms with Crippen molar-refractivity contribution in [3.63, 3.8) is 0 Å². The van der Waals surface area contributed by atoms with Gasteiger partial charge < -0.3 is 10.1 Å². The van der Waals surface area contributed by atoms with Gasteiger partial charge in [-0.3, -0.25) is 4.79 Å². The second kappa shape index (κ2) is 8.42. The van der Waals surface area contributed by atoms with Crippen molar-refractivity contribution in [1.82, 2.24) is 30.5 Å². The standard InChI is InChI=1S/C21H20N6O2S/c1-13(20-11-30-14(2)24-20)23-21(28)17-7-16(15-5-4-6-19(10-15)29-3)8-18(9-17)27-12-22-25-26-27/h4-13H,1-3H3,(H,23,28)/t13-/m1/s1. The summed E-state index contributed by atoms with van der Waals surface area (Å²) in [6, 6.07) is 13.0. The van der Waals surface area contributed by atoms with E-state index in [1.807, 2.05) is 55.6 Å². The summed E-state index contributed by atoms with van der Waals surface area (Å²) in [5.41, 5.74) is 3.79. The molecule has 0 saturated carbocycles. The lowest BCUT2D eigenvalue weighted by atomic mass is 10.0. The van der Waals surface area contributed by atoms with Gasteiger partial charge in [0.25, 0.3) is 5.91 Å². The fourth-order valence-corrected chi connectivity index (χ4v) is 3.76. The molecule has 1 amide bonds. The molecule has 2 heterocycles. The van der Waals surface area contributed by atoms with Crippen molar-refractivity contribution in [2.45, 2.75) is 19.9 Å². The Morgan fingerprint density at radius 2 is 2.07 bits per heavy atom. The van der Waals surface area contributed by atoms with Crippen LogP contribution >= 0.6 is 11.3 Å². The van der Waals surface area contributed by atoms with E-state index in [9.17, 15) is 4.79 Å². The molecule has 4 aromatic rings. The largest absolute Gasteiger partial charge is 0.497 e. The third-order valence-corrected chi connectivity index (χ3v) is 5.42. The number of rotatable bonds is 6. The second-order valence-corrected chi connectivity index (χ2v) is 7.80. The first-order valence-electron chi connectivity index (χ1n) is 9.29. The summed E-state index contributed by atoms with van der Waals surface area (Å²) in [7, 11) is 1.62. The topological polar surface area (TPSA) is 94.8 Å². The minimum absolute atomic E-state index is 0.202. The van der Waals surface area contributed by atoms with Crippen LogP contribution in [0.15, 0.2) is 54.2 Å². The van der Waals surface area contributed by atoms with Gasteiger partial charge in [0.1, 0.15) is 12.1 Å². The highest BCUT2D eigenvalue weighted by molar-refractivity contribution is 7.09. The van der Waals surface area contributed by atoms with Crippen molar-refractivity contribution in [2.75, 3.05) is 7.11 Å². The lowest BCUT2D eigenvalue weighted by molar-refractivity contribution is 0.0939. The van der Waals surface area contributed by atoms with E-state index in [0.29, 0.717) is 11.3 Å². The second-order valence-electron chi connectivity index (χ2n) is 6.74. The smallest absolute Gasteiger partial charge is 0.251 e. The Morgan fingerprint density at radius 1 is 1.20 bits per heavy atom. The molecule has 0 fully saturated rings. The Labute approximate surface area is 177 Å². The lowest BCUT2D eigenvalue weighted by Gasteiger charge is -2.14. The molecule has 0 radical (unpaired) electrons. The monoisotopic (exact) mass is 420 g/mol. The van der Waals surface area contributed by atoms with E-state index < -0.39 is 0 Å². The Hall–Kier alpha value is -3.59. The Bertz CT molecular complexity index is 1170. The van der Waals surface area contributed by atoms with Gasteiger partial charge in [0.15, 0.2) is 0 Å². The van der Waals surface area contributed by atoms with Crippen LogP contribution in [-0.2, 0) is 0 Å². The molecule has 0 spiro atoms. The number of methoxy groups -OCH3 is 1. The number of amides is 1. The van der Waals surface area contributed by atoms with E-state index in [2.05, 4.69) is 25.8 Å². The maximum atomic E-state index is 13.0. The van der Waals surface area contributed by atoms with Crippen molar-refractivity contribution in [3.05, 3.63) is 70.4 Å². The van der Waals surface area contributed by atoms with Gasteiger partial charge in [0, 0.05) is 10.9 Å². The average molecular weight is 420 g/mol. The minimum Gasteiger partial charge on any atom is -0.497 e. The third-order valence-electron chi connectivity index (χ3n) is 4.62. The van der Waals surface area contributed by atoms with Gasteiger partial charge in [0.05, 0.1) is 29.5 Å². The number of aryl methyl sites for hydroxylation is 1. The molecule has 9 heteroatoms. The van der Waals surface area contributed by atoms with Crippen LogP contribution in [0.4, 0.5) is 0 Å². The van der Waals surface area contributed by atoms with E-state index >= 15 is 0 Å². The van der Waals surface area contributed by atoms with Gasteiger partial charge >= 0.3 is 0 Å². The molecule has 0 saturated heterocycles. The molecule has 1 N–H and O–H groups in total. The fraction of sp³-hybridized carbons (Fsp3) is 0.190. The molecule has 0 aliphatic heterocycles. The predicted molar refractivity (Wildman–Crippen MR) is 114 cm³/mol. The van der Waals surface area contributed by atoms with Crippen LogP contribution in [0.3, 0.4) is 0 Å². The molecule has 0 unspecified atom stereocenters. The van der Waals surface area contributed by atoms with E-state index in [1.165, 1.54) is 11.0 Å². The van der Waals surface area contributed by atoms with E-state index in [1.54, 1.807) is 24.5 Å². The molecule has 2 aromatic carbocycles. The molecular formula is C21H20N6O2S. The number of benzene rings is 2. The fourth-order valence-electron chi connectivity index (χ4n) is 3.06. The summed E-state index contributed by atoms with van der Waals surface area (Å²) in [5.74, 6) is 0.533. The summed E-state index contributed by atoms with van der Waals surface area (Å²) < 4.78 is 6.86. The summed E-state index contributed by atoms with van der Waals surface area (Å²) in [5, 5.41) is 17.3. The molecule has 30 heavy (non-hydrogen) atoms. The predicted octanol–water partition coefficient (Wildman–Crippen LogP) is 3.59. The lowest BCUT2D eigenvalue weighted by Crippen LogP contribution is -2.27. The zero-order chi connectivity index (χ0) is 21.1. The molecule has 0 bridgehead atoms. The highest BCUT2D eigenvalue weighted by Gasteiger charge is 2.16. The SMILES string of the molecule is COc1cccc(-c2cc(C(=O)N[C@H](C)c3csc(C)n3)cc(-n3cnnn3)c2)c1. The van der Waals surface area contributed by atoms with Crippen molar-refractivity contribution >= 4 is 17.2 Å². The number of ether oxygens (including phenoxy) is 1. The zero-order valence-electron chi connectivity index (χ0n) is 16.7. The highest BCUT2D eigenvalue weighted by atomic mass is 32.1. The van der Waals surface area contributed by atoms with Crippen LogP contribution in [0, 0.1) is 6.92 Å².